The predicted molar refractivity (Wildman–Crippen MR) is 109 cm³/mol. The van der Waals surface area contributed by atoms with Gasteiger partial charge in [0.05, 0.1) is 29.6 Å². The van der Waals surface area contributed by atoms with Crippen LogP contribution in [0.3, 0.4) is 0 Å². The van der Waals surface area contributed by atoms with Crippen molar-refractivity contribution in [1.82, 2.24) is 0 Å². The Hall–Kier alpha value is -3.32. The van der Waals surface area contributed by atoms with Crippen LogP contribution < -0.4 is 4.90 Å². The maximum atomic E-state index is 12.0. The van der Waals surface area contributed by atoms with E-state index in [2.05, 4.69) is 15.9 Å². The molecule has 0 saturated heterocycles. The second-order valence-corrected chi connectivity index (χ2v) is 6.74. The van der Waals surface area contributed by atoms with Crippen molar-refractivity contribution in [3.8, 4) is 5.75 Å². The molecule has 0 fully saturated rings. The van der Waals surface area contributed by atoms with Gasteiger partial charge in [-0.1, -0.05) is 28.1 Å². The van der Waals surface area contributed by atoms with Crippen molar-refractivity contribution in [2.45, 2.75) is 0 Å². The van der Waals surface area contributed by atoms with Crippen molar-refractivity contribution in [3.63, 3.8) is 0 Å². The molecule has 0 heterocycles. The third-order valence-corrected chi connectivity index (χ3v) is 4.63. The van der Waals surface area contributed by atoms with Gasteiger partial charge in [0.15, 0.2) is 0 Å². The topological polar surface area (TPSA) is 87.1 Å². The molecule has 0 unspecified atom stereocenters. The van der Waals surface area contributed by atoms with Gasteiger partial charge in [-0.2, -0.15) is 0 Å². The molecule has 6 nitrogen and oxygen atoms in total. The third kappa shape index (κ3) is 3.84. The highest BCUT2D eigenvalue weighted by Gasteiger charge is 2.22. The largest absolute Gasteiger partial charge is 0.506 e. The van der Waals surface area contributed by atoms with Crippen LogP contribution in [0.2, 0.25) is 0 Å². The van der Waals surface area contributed by atoms with Crippen molar-refractivity contribution < 1.29 is 24.5 Å². The van der Waals surface area contributed by atoms with E-state index in [9.17, 15) is 19.8 Å². The zero-order chi connectivity index (χ0) is 20.3. The Bertz CT molecular complexity index is 1030. The van der Waals surface area contributed by atoms with Crippen LogP contribution in [0.25, 0.3) is 0 Å². The summed E-state index contributed by atoms with van der Waals surface area (Å²) in [5, 5.41) is 20.1. The first-order valence-corrected chi connectivity index (χ1v) is 9.01. The van der Waals surface area contributed by atoms with Gasteiger partial charge in [0.25, 0.3) is 0 Å². The Balaban J connectivity index is 2.28. The zero-order valence-electron chi connectivity index (χ0n) is 14.8. The predicted octanol–water partition coefficient (Wildman–Crippen LogP) is 5.11. The number of carbonyl (C=O) groups excluding carboxylic acids is 1. The smallest absolute Gasteiger partial charge is 0.337 e. The molecule has 0 saturated carbocycles. The van der Waals surface area contributed by atoms with Crippen molar-refractivity contribution in [3.05, 3.63) is 82.3 Å². The van der Waals surface area contributed by atoms with Gasteiger partial charge < -0.3 is 19.8 Å². The molecule has 142 valence electrons. The average Bonchev–Trinajstić information content (AvgIpc) is 2.70. The molecule has 3 rings (SSSR count). The van der Waals surface area contributed by atoms with E-state index < -0.39 is 11.9 Å². The summed E-state index contributed by atoms with van der Waals surface area (Å²) in [4.78, 5) is 25.3. The maximum Gasteiger partial charge on any atom is 0.337 e. The summed E-state index contributed by atoms with van der Waals surface area (Å²) in [5.41, 5.74) is 1.47. The first-order valence-electron chi connectivity index (χ1n) is 8.21. The number of carbonyl (C=O) groups is 2. The van der Waals surface area contributed by atoms with Gasteiger partial charge >= 0.3 is 11.9 Å². The van der Waals surface area contributed by atoms with Gasteiger partial charge in [-0.05, 0) is 54.6 Å². The lowest BCUT2D eigenvalue weighted by Gasteiger charge is -2.27. The number of methoxy groups -OCH3 is 1. The van der Waals surface area contributed by atoms with Gasteiger partial charge in [-0.25, -0.2) is 9.59 Å². The number of hydrogen-bond donors (Lipinski definition) is 2. The van der Waals surface area contributed by atoms with Crippen LogP contribution in [0.5, 0.6) is 5.75 Å². The fourth-order valence-electron chi connectivity index (χ4n) is 2.79. The minimum Gasteiger partial charge on any atom is -0.506 e. The molecule has 0 aliphatic heterocycles. The molecule has 0 aromatic heterocycles. The number of carboxylic acids is 1. The Labute approximate surface area is 169 Å². The minimum absolute atomic E-state index is 0.0493. The van der Waals surface area contributed by atoms with Crippen LogP contribution >= 0.6 is 15.9 Å². The fourth-order valence-corrected chi connectivity index (χ4v) is 3.06. The van der Waals surface area contributed by atoms with E-state index in [0.29, 0.717) is 11.4 Å². The van der Waals surface area contributed by atoms with E-state index in [0.717, 1.165) is 4.47 Å². The maximum absolute atomic E-state index is 12.0. The molecular formula is C21H16BrNO5. The van der Waals surface area contributed by atoms with Crippen LogP contribution in [0.15, 0.2) is 71.2 Å². The van der Waals surface area contributed by atoms with E-state index in [1.54, 1.807) is 47.4 Å². The molecule has 0 amide bonds. The number of halogens is 1. The SMILES string of the molecule is COC(=O)c1ccc(O)c(N(c2ccc(Br)cc2)c2ccccc2C(=O)O)c1. The molecular weight excluding hydrogens is 426 g/mol. The number of nitrogens with zero attached hydrogens (tertiary/aromatic N) is 1. The highest BCUT2D eigenvalue weighted by molar-refractivity contribution is 9.10. The number of phenols is 1. The molecule has 3 aromatic rings. The molecule has 0 aliphatic rings. The number of esters is 1. The lowest BCUT2D eigenvalue weighted by Crippen LogP contribution is -2.15. The molecule has 0 bridgehead atoms. The van der Waals surface area contributed by atoms with E-state index in [1.807, 2.05) is 0 Å². The molecule has 0 atom stereocenters. The van der Waals surface area contributed by atoms with E-state index >= 15 is 0 Å². The number of aromatic carboxylic acids is 1. The summed E-state index contributed by atoms with van der Waals surface area (Å²) in [6.07, 6.45) is 0. The van der Waals surface area contributed by atoms with Crippen LogP contribution in [0.4, 0.5) is 17.1 Å². The monoisotopic (exact) mass is 441 g/mol. The van der Waals surface area contributed by atoms with Crippen LogP contribution in [0.1, 0.15) is 20.7 Å². The molecule has 0 spiro atoms. The number of rotatable bonds is 5. The summed E-state index contributed by atoms with van der Waals surface area (Å²) < 4.78 is 5.60. The van der Waals surface area contributed by atoms with Crippen molar-refractivity contribution in [2.75, 3.05) is 12.0 Å². The summed E-state index contributed by atoms with van der Waals surface area (Å²) in [7, 11) is 1.26. The number of ether oxygens (including phenoxy) is 1. The summed E-state index contributed by atoms with van der Waals surface area (Å²) in [6, 6.07) is 17.8. The van der Waals surface area contributed by atoms with E-state index in [1.165, 1.54) is 31.4 Å². The summed E-state index contributed by atoms with van der Waals surface area (Å²) in [5.74, 6) is -1.79. The minimum atomic E-state index is -1.11. The van der Waals surface area contributed by atoms with Gasteiger partial charge in [-0.3, -0.25) is 0 Å². The highest BCUT2D eigenvalue weighted by Crippen LogP contribution is 2.41. The Morgan fingerprint density at radius 3 is 2.29 bits per heavy atom. The van der Waals surface area contributed by atoms with E-state index in [-0.39, 0.29) is 22.6 Å². The number of aromatic hydroxyl groups is 1. The lowest BCUT2D eigenvalue weighted by atomic mass is 10.1. The fraction of sp³-hybridized carbons (Fsp3) is 0.0476. The Morgan fingerprint density at radius 2 is 1.64 bits per heavy atom. The van der Waals surface area contributed by atoms with Crippen LogP contribution in [-0.2, 0) is 4.74 Å². The zero-order valence-corrected chi connectivity index (χ0v) is 16.4. The average molecular weight is 442 g/mol. The highest BCUT2D eigenvalue weighted by atomic mass is 79.9. The number of anilines is 3. The van der Waals surface area contributed by atoms with Gasteiger partial charge in [0.2, 0.25) is 0 Å². The number of hydrogen-bond acceptors (Lipinski definition) is 5. The van der Waals surface area contributed by atoms with Gasteiger partial charge in [0, 0.05) is 10.2 Å². The quantitative estimate of drug-likeness (QED) is 0.534. The van der Waals surface area contributed by atoms with Gasteiger partial charge in [-0.15, -0.1) is 0 Å². The van der Waals surface area contributed by atoms with Crippen molar-refractivity contribution in [1.29, 1.82) is 0 Å². The molecule has 3 aromatic carbocycles. The molecule has 2 N–H and O–H groups in total. The molecule has 28 heavy (non-hydrogen) atoms. The van der Waals surface area contributed by atoms with Crippen LogP contribution in [-0.4, -0.2) is 29.3 Å². The number of carboxylic acid groups (broad SMARTS) is 1. The third-order valence-electron chi connectivity index (χ3n) is 4.10. The number of benzene rings is 3. The normalized spacial score (nSPS) is 10.4. The second kappa shape index (κ2) is 8.14. The molecule has 7 heteroatoms. The molecule has 0 aliphatic carbocycles. The van der Waals surface area contributed by atoms with E-state index in [4.69, 9.17) is 4.74 Å². The first kappa shape index (κ1) is 19.4. The number of para-hydroxylation sites is 1. The standard InChI is InChI=1S/C21H16BrNO5/c1-28-21(27)13-6-11-19(24)18(12-13)23(15-9-7-14(22)8-10-15)17-5-3-2-4-16(17)20(25)26/h2-12,24H,1H3,(H,25,26). The summed E-state index contributed by atoms with van der Waals surface area (Å²) >= 11 is 3.38. The van der Waals surface area contributed by atoms with Crippen molar-refractivity contribution in [2.24, 2.45) is 0 Å². The Morgan fingerprint density at radius 1 is 0.964 bits per heavy atom. The number of phenolic OH excluding ortho intramolecular Hbond substituents is 1. The van der Waals surface area contributed by atoms with Gasteiger partial charge in [0.1, 0.15) is 5.75 Å². The lowest BCUT2D eigenvalue weighted by molar-refractivity contribution is 0.0599. The summed E-state index contributed by atoms with van der Waals surface area (Å²) in [6.45, 7) is 0. The van der Waals surface area contributed by atoms with Crippen LogP contribution in [0, 0.1) is 0 Å². The Kier molecular flexibility index (Phi) is 5.65. The molecule has 0 radical (unpaired) electrons. The first-order chi connectivity index (χ1) is 13.4. The van der Waals surface area contributed by atoms with Crippen molar-refractivity contribution >= 4 is 44.9 Å². The second-order valence-electron chi connectivity index (χ2n) is 5.83.